The van der Waals surface area contributed by atoms with Crippen molar-refractivity contribution in [1.82, 2.24) is 4.90 Å². The van der Waals surface area contributed by atoms with Gasteiger partial charge in [0.1, 0.15) is 0 Å². The summed E-state index contributed by atoms with van der Waals surface area (Å²) >= 11 is 5.96. The molecule has 1 aromatic carbocycles. The molecule has 2 aliphatic carbocycles. The van der Waals surface area contributed by atoms with Crippen molar-refractivity contribution in [2.75, 3.05) is 13.1 Å². The second-order valence-corrected chi connectivity index (χ2v) is 7.40. The molecule has 2 atom stereocenters. The van der Waals surface area contributed by atoms with Gasteiger partial charge in [-0.15, -0.1) is 0 Å². The zero-order chi connectivity index (χ0) is 14.6. The summed E-state index contributed by atoms with van der Waals surface area (Å²) in [5.74, 6) is 1.57. The van der Waals surface area contributed by atoms with Gasteiger partial charge >= 0.3 is 0 Å². The second-order valence-electron chi connectivity index (χ2n) is 6.96. The minimum atomic E-state index is -0.289. The van der Waals surface area contributed by atoms with Crippen LogP contribution in [0.15, 0.2) is 24.3 Å². The summed E-state index contributed by atoms with van der Waals surface area (Å²) in [7, 11) is 0. The van der Waals surface area contributed by atoms with Crippen LogP contribution in [0.4, 0.5) is 0 Å². The molecular weight excluding hydrogens is 284 g/mol. The Balaban J connectivity index is 1.53. The highest BCUT2D eigenvalue weighted by atomic mass is 35.5. The first-order valence-electron chi connectivity index (χ1n) is 7.91. The maximum atomic E-state index is 13.0. The Morgan fingerprint density at radius 1 is 1.19 bits per heavy atom. The van der Waals surface area contributed by atoms with Crippen molar-refractivity contribution in [2.24, 2.45) is 17.6 Å². The smallest absolute Gasteiger partial charge is 0.233 e. The third kappa shape index (κ3) is 2.27. The Bertz CT molecular complexity index is 563. The van der Waals surface area contributed by atoms with Gasteiger partial charge in [-0.3, -0.25) is 4.79 Å². The normalized spacial score (nSPS) is 30.5. The largest absolute Gasteiger partial charge is 0.340 e. The van der Waals surface area contributed by atoms with Gasteiger partial charge in [0.15, 0.2) is 0 Å². The van der Waals surface area contributed by atoms with Crippen molar-refractivity contribution in [3.63, 3.8) is 0 Å². The van der Waals surface area contributed by atoms with E-state index in [9.17, 15) is 4.79 Å². The lowest BCUT2D eigenvalue weighted by Crippen LogP contribution is -2.39. The van der Waals surface area contributed by atoms with Gasteiger partial charge in [-0.25, -0.2) is 0 Å². The molecule has 1 heterocycles. The third-order valence-electron chi connectivity index (χ3n) is 5.48. The predicted molar refractivity (Wildman–Crippen MR) is 83.1 cm³/mol. The molecule has 2 saturated carbocycles. The molecule has 3 nitrogen and oxygen atoms in total. The van der Waals surface area contributed by atoms with Crippen molar-refractivity contribution >= 4 is 17.5 Å². The van der Waals surface area contributed by atoms with Gasteiger partial charge < -0.3 is 10.6 Å². The molecule has 112 valence electrons. The molecule has 1 aliphatic heterocycles. The lowest BCUT2D eigenvalue weighted by atomic mass is 9.94. The summed E-state index contributed by atoms with van der Waals surface area (Å²) in [6.45, 7) is 1.59. The summed E-state index contributed by atoms with van der Waals surface area (Å²) in [4.78, 5) is 15.0. The molecule has 0 spiro atoms. The molecule has 1 amide bonds. The number of halogens is 1. The average molecular weight is 305 g/mol. The summed E-state index contributed by atoms with van der Waals surface area (Å²) in [5, 5.41) is 0.721. The molecule has 2 N–H and O–H groups in total. The molecule has 1 saturated heterocycles. The van der Waals surface area contributed by atoms with E-state index in [1.807, 2.05) is 29.2 Å². The van der Waals surface area contributed by atoms with Crippen LogP contribution < -0.4 is 5.73 Å². The number of hydrogen-bond donors (Lipinski definition) is 1. The van der Waals surface area contributed by atoms with E-state index in [0.717, 1.165) is 42.4 Å². The first-order valence-corrected chi connectivity index (χ1v) is 8.29. The van der Waals surface area contributed by atoms with Crippen molar-refractivity contribution in [3.8, 4) is 0 Å². The fourth-order valence-electron chi connectivity index (χ4n) is 3.87. The monoisotopic (exact) mass is 304 g/mol. The van der Waals surface area contributed by atoms with Crippen LogP contribution in [0.25, 0.3) is 0 Å². The van der Waals surface area contributed by atoms with E-state index in [0.29, 0.717) is 5.92 Å². The van der Waals surface area contributed by atoms with Gasteiger partial charge in [0.2, 0.25) is 5.91 Å². The van der Waals surface area contributed by atoms with E-state index >= 15 is 0 Å². The second kappa shape index (κ2) is 4.72. The molecule has 0 radical (unpaired) electrons. The van der Waals surface area contributed by atoms with E-state index in [1.165, 1.54) is 12.8 Å². The highest BCUT2D eigenvalue weighted by molar-refractivity contribution is 6.30. The van der Waals surface area contributed by atoms with Crippen LogP contribution in [0.5, 0.6) is 0 Å². The van der Waals surface area contributed by atoms with Crippen LogP contribution in [0.3, 0.4) is 0 Å². The van der Waals surface area contributed by atoms with Gasteiger partial charge in [-0.1, -0.05) is 23.7 Å². The Labute approximate surface area is 130 Å². The minimum Gasteiger partial charge on any atom is -0.340 e. The minimum absolute atomic E-state index is 0.169. The van der Waals surface area contributed by atoms with Crippen LogP contribution in [-0.2, 0) is 10.2 Å². The molecule has 21 heavy (non-hydrogen) atoms. The lowest BCUT2D eigenvalue weighted by molar-refractivity contribution is -0.133. The van der Waals surface area contributed by atoms with E-state index in [-0.39, 0.29) is 17.4 Å². The SMILES string of the molecule is N[C@H]1CN(C(=O)C2(c3ccc(Cl)cc3)CC2)C[C@@H]1C1CC1. The molecule has 4 rings (SSSR count). The molecule has 3 fully saturated rings. The Kier molecular flexibility index (Phi) is 3.05. The highest BCUT2D eigenvalue weighted by Crippen LogP contribution is 2.51. The van der Waals surface area contributed by atoms with E-state index < -0.39 is 0 Å². The fourth-order valence-corrected chi connectivity index (χ4v) is 3.99. The van der Waals surface area contributed by atoms with Crippen molar-refractivity contribution < 1.29 is 4.79 Å². The predicted octanol–water partition coefficient (Wildman–Crippen LogP) is 2.57. The first kappa shape index (κ1) is 13.6. The molecule has 0 aromatic heterocycles. The molecule has 0 unspecified atom stereocenters. The van der Waals surface area contributed by atoms with Crippen molar-refractivity contribution in [3.05, 3.63) is 34.9 Å². The maximum absolute atomic E-state index is 13.0. The third-order valence-corrected chi connectivity index (χ3v) is 5.74. The average Bonchev–Trinajstić information content (AvgIpc) is 3.38. The summed E-state index contributed by atoms with van der Waals surface area (Å²) < 4.78 is 0. The number of hydrogen-bond acceptors (Lipinski definition) is 2. The Morgan fingerprint density at radius 2 is 1.86 bits per heavy atom. The maximum Gasteiger partial charge on any atom is 0.233 e. The standard InChI is InChI=1S/C17H21ClN2O/c18-13-5-3-12(4-6-13)17(7-8-17)16(21)20-9-14(11-1-2-11)15(19)10-20/h3-6,11,14-15H,1-2,7-10,19H2/t14-,15+/m1/s1. The van der Waals surface area contributed by atoms with Gasteiger partial charge in [0.05, 0.1) is 5.41 Å². The number of nitrogens with two attached hydrogens (primary N) is 1. The van der Waals surface area contributed by atoms with E-state index in [1.54, 1.807) is 0 Å². The molecule has 4 heteroatoms. The fraction of sp³-hybridized carbons (Fsp3) is 0.588. The number of amides is 1. The number of likely N-dealkylation sites (tertiary alicyclic amines) is 1. The van der Waals surface area contributed by atoms with Gasteiger partial charge in [0.25, 0.3) is 0 Å². The zero-order valence-corrected chi connectivity index (χ0v) is 12.9. The van der Waals surface area contributed by atoms with Gasteiger partial charge in [-0.2, -0.15) is 0 Å². The van der Waals surface area contributed by atoms with Gasteiger partial charge in [-0.05, 0) is 55.2 Å². The number of nitrogens with zero attached hydrogens (tertiary/aromatic N) is 1. The van der Waals surface area contributed by atoms with Crippen LogP contribution in [-0.4, -0.2) is 29.9 Å². The topological polar surface area (TPSA) is 46.3 Å². The Hall–Kier alpha value is -1.06. The summed E-state index contributed by atoms with van der Waals surface area (Å²) in [5.41, 5.74) is 7.08. The summed E-state index contributed by atoms with van der Waals surface area (Å²) in [6, 6.07) is 7.94. The van der Waals surface area contributed by atoms with Crippen LogP contribution in [0.2, 0.25) is 5.02 Å². The highest BCUT2D eigenvalue weighted by Gasteiger charge is 2.55. The van der Waals surface area contributed by atoms with Crippen molar-refractivity contribution in [1.29, 1.82) is 0 Å². The van der Waals surface area contributed by atoms with Crippen LogP contribution >= 0.6 is 11.6 Å². The lowest BCUT2D eigenvalue weighted by Gasteiger charge is -2.23. The first-order chi connectivity index (χ1) is 10.1. The van der Waals surface area contributed by atoms with E-state index in [4.69, 9.17) is 17.3 Å². The molecular formula is C17H21ClN2O. The quantitative estimate of drug-likeness (QED) is 0.933. The Morgan fingerprint density at radius 3 is 2.43 bits per heavy atom. The van der Waals surface area contributed by atoms with Gasteiger partial charge in [0, 0.05) is 24.2 Å². The number of carbonyl (C=O) groups excluding carboxylic acids is 1. The summed E-state index contributed by atoms with van der Waals surface area (Å²) in [6.07, 6.45) is 4.49. The van der Waals surface area contributed by atoms with Crippen molar-refractivity contribution in [2.45, 2.75) is 37.1 Å². The number of carbonyl (C=O) groups is 1. The molecule has 1 aromatic rings. The zero-order valence-electron chi connectivity index (χ0n) is 12.1. The molecule has 3 aliphatic rings. The molecule has 0 bridgehead atoms. The number of rotatable bonds is 3. The van der Waals surface area contributed by atoms with Crippen LogP contribution in [0.1, 0.15) is 31.2 Å². The van der Waals surface area contributed by atoms with E-state index in [2.05, 4.69) is 0 Å². The number of benzene rings is 1. The van der Waals surface area contributed by atoms with Crippen LogP contribution in [0, 0.1) is 11.8 Å².